The Morgan fingerprint density at radius 2 is 1.70 bits per heavy atom. The Hall–Kier alpha value is -3.01. The summed E-state index contributed by atoms with van der Waals surface area (Å²) in [6.45, 7) is 0. The topological polar surface area (TPSA) is 36.3 Å². The van der Waals surface area contributed by atoms with Gasteiger partial charge in [0.25, 0.3) is 0 Å². The van der Waals surface area contributed by atoms with Crippen LogP contribution in [0.25, 0.3) is 21.9 Å². The molecule has 0 aliphatic rings. The van der Waals surface area contributed by atoms with E-state index in [9.17, 15) is 0 Å². The number of pyridine rings is 1. The van der Waals surface area contributed by atoms with E-state index in [0.29, 0.717) is 11.6 Å². The number of hydrogen-bond donors (Lipinski definition) is 0. The van der Waals surface area contributed by atoms with E-state index in [0.717, 1.165) is 22.3 Å². The van der Waals surface area contributed by atoms with E-state index < -0.39 is 0 Å². The van der Waals surface area contributed by atoms with Crippen molar-refractivity contribution in [2.24, 2.45) is 7.05 Å². The van der Waals surface area contributed by atoms with Gasteiger partial charge in [0.15, 0.2) is 0 Å². The van der Waals surface area contributed by atoms with Gasteiger partial charge in [-0.2, -0.15) is 4.98 Å². The summed E-state index contributed by atoms with van der Waals surface area (Å²) in [6, 6.07) is 19.7. The number of ether oxygens (including phenoxy) is 2. The van der Waals surface area contributed by atoms with E-state index in [4.69, 9.17) is 9.47 Å². The highest BCUT2D eigenvalue weighted by Gasteiger charge is 2.10. The number of benzene rings is 2. The summed E-state index contributed by atoms with van der Waals surface area (Å²) >= 11 is 0. The Labute approximate surface area is 133 Å². The molecule has 4 heteroatoms. The average Bonchev–Trinajstić information content (AvgIpc) is 2.88. The zero-order chi connectivity index (χ0) is 15.8. The van der Waals surface area contributed by atoms with Crippen LogP contribution in [0.4, 0.5) is 0 Å². The van der Waals surface area contributed by atoms with Gasteiger partial charge in [0, 0.05) is 30.0 Å². The van der Waals surface area contributed by atoms with Crippen molar-refractivity contribution in [1.29, 1.82) is 0 Å². The second-order valence-corrected chi connectivity index (χ2v) is 5.38. The number of fused-ring (bicyclic) bond motifs is 3. The molecule has 0 saturated carbocycles. The maximum atomic E-state index is 5.88. The molecule has 0 radical (unpaired) electrons. The largest absolute Gasteiger partial charge is 0.497 e. The lowest BCUT2D eigenvalue weighted by molar-refractivity contribution is 0.407. The standard InChI is InChI=1S/C19H16N2O2/c1-21-17-9-4-3-8-15(17)16-10-11-18(20-19(16)21)23-14-7-5-6-13(12-14)22-2/h3-12H,1-2H3. The third-order valence-electron chi connectivity index (χ3n) is 3.99. The van der Waals surface area contributed by atoms with Gasteiger partial charge in [-0.15, -0.1) is 0 Å². The Bertz CT molecular complexity index is 1000. The van der Waals surface area contributed by atoms with Crippen LogP contribution >= 0.6 is 0 Å². The fraction of sp³-hybridized carbons (Fsp3) is 0.105. The van der Waals surface area contributed by atoms with Crippen molar-refractivity contribution in [3.05, 3.63) is 60.7 Å². The highest BCUT2D eigenvalue weighted by atomic mass is 16.5. The van der Waals surface area contributed by atoms with Crippen LogP contribution in [0, 0.1) is 0 Å². The molecule has 2 aromatic heterocycles. The van der Waals surface area contributed by atoms with Crippen molar-refractivity contribution in [3.63, 3.8) is 0 Å². The molecule has 0 unspecified atom stereocenters. The van der Waals surface area contributed by atoms with Crippen LogP contribution in [0.2, 0.25) is 0 Å². The van der Waals surface area contributed by atoms with E-state index >= 15 is 0 Å². The smallest absolute Gasteiger partial charge is 0.221 e. The molecule has 0 atom stereocenters. The van der Waals surface area contributed by atoms with Crippen LogP contribution in [0.15, 0.2) is 60.7 Å². The number of hydrogen-bond acceptors (Lipinski definition) is 3. The highest BCUT2D eigenvalue weighted by molar-refractivity contribution is 6.06. The second-order valence-electron chi connectivity index (χ2n) is 5.38. The third-order valence-corrected chi connectivity index (χ3v) is 3.99. The number of methoxy groups -OCH3 is 1. The lowest BCUT2D eigenvalue weighted by atomic mass is 10.2. The molecule has 2 heterocycles. The molecule has 4 nitrogen and oxygen atoms in total. The normalized spacial score (nSPS) is 11.0. The first-order chi connectivity index (χ1) is 11.3. The van der Waals surface area contributed by atoms with Gasteiger partial charge in [0.05, 0.1) is 12.6 Å². The first-order valence-electron chi connectivity index (χ1n) is 7.42. The summed E-state index contributed by atoms with van der Waals surface area (Å²) in [4.78, 5) is 4.66. The number of aryl methyl sites for hydroxylation is 1. The van der Waals surface area contributed by atoms with Crippen LogP contribution in [0.1, 0.15) is 0 Å². The van der Waals surface area contributed by atoms with Gasteiger partial charge in [0.2, 0.25) is 5.88 Å². The van der Waals surface area contributed by atoms with Crippen LogP contribution in [-0.4, -0.2) is 16.7 Å². The van der Waals surface area contributed by atoms with Gasteiger partial charge in [-0.3, -0.25) is 0 Å². The van der Waals surface area contributed by atoms with Crippen molar-refractivity contribution in [2.45, 2.75) is 0 Å². The lowest BCUT2D eigenvalue weighted by Crippen LogP contribution is -1.93. The van der Waals surface area contributed by atoms with Crippen molar-refractivity contribution in [1.82, 2.24) is 9.55 Å². The summed E-state index contributed by atoms with van der Waals surface area (Å²) in [6.07, 6.45) is 0. The monoisotopic (exact) mass is 304 g/mol. The quantitative estimate of drug-likeness (QED) is 0.558. The summed E-state index contributed by atoms with van der Waals surface area (Å²) in [5, 5.41) is 2.33. The maximum absolute atomic E-state index is 5.88. The number of para-hydroxylation sites is 1. The average molecular weight is 304 g/mol. The minimum atomic E-state index is 0.566. The number of nitrogens with zero attached hydrogens (tertiary/aromatic N) is 2. The van der Waals surface area contributed by atoms with E-state index in [1.165, 1.54) is 5.39 Å². The molecule has 0 spiro atoms. The molecule has 0 bridgehead atoms. The van der Waals surface area contributed by atoms with E-state index in [2.05, 4.69) is 27.8 Å². The molecule has 0 saturated heterocycles. The van der Waals surface area contributed by atoms with Crippen molar-refractivity contribution in [3.8, 4) is 17.4 Å². The summed E-state index contributed by atoms with van der Waals surface area (Å²) in [5.41, 5.74) is 2.07. The summed E-state index contributed by atoms with van der Waals surface area (Å²) in [5.74, 6) is 2.03. The molecule has 0 aliphatic carbocycles. The SMILES string of the molecule is COc1cccc(Oc2ccc3c4ccccc4n(C)c3n2)c1. The Kier molecular flexibility index (Phi) is 3.15. The van der Waals surface area contributed by atoms with Crippen LogP contribution < -0.4 is 9.47 Å². The molecule has 0 amide bonds. The van der Waals surface area contributed by atoms with Crippen molar-refractivity contribution >= 4 is 21.9 Å². The molecule has 4 rings (SSSR count). The molecule has 114 valence electrons. The van der Waals surface area contributed by atoms with E-state index in [-0.39, 0.29) is 0 Å². The predicted molar refractivity (Wildman–Crippen MR) is 91.3 cm³/mol. The molecular weight excluding hydrogens is 288 g/mol. The lowest BCUT2D eigenvalue weighted by Gasteiger charge is -2.07. The second kappa shape index (κ2) is 5.32. The Morgan fingerprint density at radius 3 is 2.57 bits per heavy atom. The molecule has 23 heavy (non-hydrogen) atoms. The number of aromatic nitrogens is 2. The fourth-order valence-corrected chi connectivity index (χ4v) is 2.85. The molecule has 0 N–H and O–H groups in total. The van der Waals surface area contributed by atoms with Gasteiger partial charge in [-0.1, -0.05) is 24.3 Å². The summed E-state index contributed by atoms with van der Waals surface area (Å²) < 4.78 is 13.2. The van der Waals surface area contributed by atoms with Gasteiger partial charge in [-0.05, 0) is 24.3 Å². The minimum absolute atomic E-state index is 0.566. The predicted octanol–water partition coefficient (Wildman–Crippen LogP) is 4.53. The highest BCUT2D eigenvalue weighted by Crippen LogP contribution is 2.30. The molecule has 4 aromatic rings. The Balaban J connectivity index is 1.79. The molecular formula is C19H16N2O2. The van der Waals surface area contributed by atoms with Crippen LogP contribution in [-0.2, 0) is 7.05 Å². The molecule has 2 aromatic carbocycles. The molecule has 0 aliphatic heterocycles. The minimum Gasteiger partial charge on any atom is -0.497 e. The zero-order valence-electron chi connectivity index (χ0n) is 13.0. The fourth-order valence-electron chi connectivity index (χ4n) is 2.85. The van der Waals surface area contributed by atoms with E-state index in [1.54, 1.807) is 7.11 Å². The van der Waals surface area contributed by atoms with Gasteiger partial charge < -0.3 is 14.0 Å². The van der Waals surface area contributed by atoms with Crippen LogP contribution in [0.5, 0.6) is 17.4 Å². The zero-order valence-corrected chi connectivity index (χ0v) is 13.0. The van der Waals surface area contributed by atoms with Gasteiger partial charge in [-0.25, -0.2) is 0 Å². The summed E-state index contributed by atoms with van der Waals surface area (Å²) in [7, 11) is 3.66. The van der Waals surface area contributed by atoms with Crippen LogP contribution in [0.3, 0.4) is 0 Å². The van der Waals surface area contributed by atoms with Crippen molar-refractivity contribution in [2.75, 3.05) is 7.11 Å². The first-order valence-corrected chi connectivity index (χ1v) is 7.42. The first kappa shape index (κ1) is 13.6. The van der Waals surface area contributed by atoms with Gasteiger partial charge >= 0.3 is 0 Å². The van der Waals surface area contributed by atoms with Crippen molar-refractivity contribution < 1.29 is 9.47 Å². The maximum Gasteiger partial charge on any atom is 0.221 e. The van der Waals surface area contributed by atoms with E-state index in [1.807, 2.05) is 49.5 Å². The Morgan fingerprint density at radius 1 is 0.870 bits per heavy atom. The number of rotatable bonds is 3. The molecule has 0 fully saturated rings. The third kappa shape index (κ3) is 2.28. The van der Waals surface area contributed by atoms with Gasteiger partial charge in [0.1, 0.15) is 17.1 Å².